The van der Waals surface area contributed by atoms with Gasteiger partial charge in [-0.2, -0.15) is 5.10 Å². The average molecular weight is 243 g/mol. The highest BCUT2D eigenvalue weighted by atomic mass is 15.3. The van der Waals surface area contributed by atoms with E-state index in [1.54, 1.807) is 0 Å². The second-order valence-electron chi connectivity index (χ2n) is 4.44. The highest BCUT2D eigenvalue weighted by Crippen LogP contribution is 2.04. The number of benzene rings is 1. The van der Waals surface area contributed by atoms with Crippen molar-refractivity contribution in [2.75, 3.05) is 6.54 Å². The quantitative estimate of drug-likeness (QED) is 0.810. The SMILES string of the molecule is CCNCc1ccn(CCCc2ccccc2)n1. The molecule has 18 heavy (non-hydrogen) atoms. The van der Waals surface area contributed by atoms with Crippen LogP contribution in [0, 0.1) is 0 Å². The molecule has 96 valence electrons. The zero-order valence-corrected chi connectivity index (χ0v) is 11.0. The van der Waals surface area contributed by atoms with Gasteiger partial charge in [0, 0.05) is 19.3 Å². The van der Waals surface area contributed by atoms with Crippen molar-refractivity contribution in [1.82, 2.24) is 15.1 Å². The molecule has 0 spiro atoms. The van der Waals surface area contributed by atoms with E-state index in [0.717, 1.165) is 38.2 Å². The van der Waals surface area contributed by atoms with Gasteiger partial charge in [0.25, 0.3) is 0 Å². The fourth-order valence-corrected chi connectivity index (χ4v) is 1.97. The molecule has 2 rings (SSSR count). The molecule has 1 heterocycles. The first kappa shape index (κ1) is 12.8. The van der Waals surface area contributed by atoms with E-state index in [4.69, 9.17) is 0 Å². The van der Waals surface area contributed by atoms with Crippen LogP contribution in [0.25, 0.3) is 0 Å². The van der Waals surface area contributed by atoms with E-state index in [0.29, 0.717) is 0 Å². The van der Waals surface area contributed by atoms with Gasteiger partial charge >= 0.3 is 0 Å². The molecule has 1 N–H and O–H groups in total. The van der Waals surface area contributed by atoms with E-state index in [1.807, 2.05) is 4.68 Å². The number of rotatable bonds is 7. The number of nitrogens with zero attached hydrogens (tertiary/aromatic N) is 2. The summed E-state index contributed by atoms with van der Waals surface area (Å²) in [5.41, 5.74) is 2.52. The van der Waals surface area contributed by atoms with Crippen LogP contribution in [0.15, 0.2) is 42.6 Å². The highest BCUT2D eigenvalue weighted by molar-refractivity contribution is 5.14. The second kappa shape index (κ2) is 6.97. The third-order valence-electron chi connectivity index (χ3n) is 2.95. The lowest BCUT2D eigenvalue weighted by Crippen LogP contribution is -2.12. The fraction of sp³-hybridized carbons (Fsp3) is 0.400. The van der Waals surface area contributed by atoms with Crippen LogP contribution in [-0.4, -0.2) is 16.3 Å². The molecule has 0 unspecified atom stereocenters. The summed E-state index contributed by atoms with van der Waals surface area (Å²) in [6.45, 7) is 4.95. The second-order valence-corrected chi connectivity index (χ2v) is 4.44. The van der Waals surface area contributed by atoms with Crippen molar-refractivity contribution < 1.29 is 0 Å². The van der Waals surface area contributed by atoms with E-state index >= 15 is 0 Å². The Morgan fingerprint density at radius 3 is 2.78 bits per heavy atom. The van der Waals surface area contributed by atoms with Crippen molar-refractivity contribution in [3.05, 3.63) is 53.9 Å². The highest BCUT2D eigenvalue weighted by Gasteiger charge is 1.98. The molecule has 0 fully saturated rings. The molecule has 0 saturated heterocycles. The molecule has 0 amide bonds. The molecule has 0 bridgehead atoms. The Morgan fingerprint density at radius 2 is 2.00 bits per heavy atom. The van der Waals surface area contributed by atoms with Gasteiger partial charge in [-0.05, 0) is 31.0 Å². The molecular weight excluding hydrogens is 222 g/mol. The maximum absolute atomic E-state index is 4.53. The molecule has 0 radical (unpaired) electrons. The Bertz CT molecular complexity index is 448. The monoisotopic (exact) mass is 243 g/mol. The summed E-state index contributed by atoms with van der Waals surface area (Å²) in [6.07, 6.45) is 4.31. The van der Waals surface area contributed by atoms with Crippen LogP contribution in [-0.2, 0) is 19.5 Å². The van der Waals surface area contributed by atoms with E-state index in [-0.39, 0.29) is 0 Å². The first-order valence-electron chi connectivity index (χ1n) is 6.65. The van der Waals surface area contributed by atoms with Gasteiger partial charge in [0.15, 0.2) is 0 Å². The van der Waals surface area contributed by atoms with Crippen LogP contribution >= 0.6 is 0 Å². The molecule has 0 aliphatic rings. The Kier molecular flexibility index (Phi) is 4.97. The number of aryl methyl sites for hydroxylation is 2. The first-order valence-corrected chi connectivity index (χ1v) is 6.65. The van der Waals surface area contributed by atoms with Gasteiger partial charge in [-0.15, -0.1) is 0 Å². The number of hydrogen-bond acceptors (Lipinski definition) is 2. The standard InChI is InChI=1S/C15H21N3/c1-2-16-13-15-10-12-18(17-15)11-6-9-14-7-4-3-5-8-14/h3-5,7-8,10,12,16H,2,6,9,11,13H2,1H3. The molecule has 0 aliphatic heterocycles. The molecule has 0 atom stereocenters. The van der Waals surface area contributed by atoms with Crippen LogP contribution in [0.4, 0.5) is 0 Å². The van der Waals surface area contributed by atoms with Crippen LogP contribution in [0.1, 0.15) is 24.6 Å². The summed E-state index contributed by atoms with van der Waals surface area (Å²) in [4.78, 5) is 0. The van der Waals surface area contributed by atoms with Crippen molar-refractivity contribution in [3.63, 3.8) is 0 Å². The zero-order valence-electron chi connectivity index (χ0n) is 11.0. The minimum atomic E-state index is 0.863. The predicted molar refractivity (Wildman–Crippen MR) is 74.4 cm³/mol. The molecule has 3 heteroatoms. The van der Waals surface area contributed by atoms with E-state index < -0.39 is 0 Å². The summed E-state index contributed by atoms with van der Waals surface area (Å²) >= 11 is 0. The predicted octanol–water partition coefficient (Wildman–Crippen LogP) is 2.63. The Morgan fingerprint density at radius 1 is 1.17 bits per heavy atom. The summed E-state index contributed by atoms with van der Waals surface area (Å²) in [5.74, 6) is 0. The maximum atomic E-state index is 4.53. The zero-order chi connectivity index (χ0) is 12.6. The van der Waals surface area contributed by atoms with Gasteiger partial charge in [-0.1, -0.05) is 37.3 Å². The molecule has 0 aliphatic carbocycles. The minimum absolute atomic E-state index is 0.863. The van der Waals surface area contributed by atoms with Crippen molar-refractivity contribution in [3.8, 4) is 0 Å². The molecule has 3 nitrogen and oxygen atoms in total. The largest absolute Gasteiger partial charge is 0.311 e. The van der Waals surface area contributed by atoms with Gasteiger partial charge < -0.3 is 5.32 Å². The molecular formula is C15H21N3. The van der Waals surface area contributed by atoms with Crippen molar-refractivity contribution in [2.45, 2.75) is 32.9 Å². The Labute approximate surface area is 109 Å². The molecule has 1 aromatic heterocycles. The maximum Gasteiger partial charge on any atom is 0.0762 e. The van der Waals surface area contributed by atoms with Crippen molar-refractivity contribution >= 4 is 0 Å². The molecule has 2 aromatic rings. The molecule has 0 saturated carbocycles. The number of aromatic nitrogens is 2. The van der Waals surface area contributed by atoms with Crippen molar-refractivity contribution in [1.29, 1.82) is 0 Å². The van der Waals surface area contributed by atoms with Gasteiger partial charge in [-0.3, -0.25) is 4.68 Å². The van der Waals surface area contributed by atoms with E-state index in [9.17, 15) is 0 Å². The lowest BCUT2D eigenvalue weighted by molar-refractivity contribution is 0.566. The summed E-state index contributed by atoms with van der Waals surface area (Å²) in [6, 6.07) is 12.7. The lowest BCUT2D eigenvalue weighted by atomic mass is 10.1. The van der Waals surface area contributed by atoms with Gasteiger partial charge in [-0.25, -0.2) is 0 Å². The summed E-state index contributed by atoms with van der Waals surface area (Å²) in [7, 11) is 0. The summed E-state index contributed by atoms with van der Waals surface area (Å²) < 4.78 is 2.04. The fourth-order valence-electron chi connectivity index (χ4n) is 1.97. The third kappa shape index (κ3) is 4.00. The smallest absolute Gasteiger partial charge is 0.0762 e. The normalized spacial score (nSPS) is 10.7. The Hall–Kier alpha value is -1.61. The molecule has 1 aromatic carbocycles. The number of hydrogen-bond donors (Lipinski definition) is 1. The van der Waals surface area contributed by atoms with Crippen LogP contribution in [0.5, 0.6) is 0 Å². The minimum Gasteiger partial charge on any atom is -0.311 e. The average Bonchev–Trinajstić information content (AvgIpc) is 2.85. The van der Waals surface area contributed by atoms with Crippen molar-refractivity contribution in [2.24, 2.45) is 0 Å². The van der Waals surface area contributed by atoms with Gasteiger partial charge in [0.1, 0.15) is 0 Å². The first-order chi connectivity index (χ1) is 8.88. The topological polar surface area (TPSA) is 29.9 Å². The van der Waals surface area contributed by atoms with Gasteiger partial charge in [0.05, 0.1) is 5.69 Å². The third-order valence-corrected chi connectivity index (χ3v) is 2.95. The van der Waals surface area contributed by atoms with E-state index in [1.165, 1.54) is 5.56 Å². The van der Waals surface area contributed by atoms with Gasteiger partial charge in [0.2, 0.25) is 0 Å². The summed E-state index contributed by atoms with van der Waals surface area (Å²) in [5, 5.41) is 7.82. The Balaban J connectivity index is 1.75. The van der Waals surface area contributed by atoms with Crippen LogP contribution < -0.4 is 5.32 Å². The van der Waals surface area contributed by atoms with Crippen LogP contribution in [0.3, 0.4) is 0 Å². The van der Waals surface area contributed by atoms with E-state index in [2.05, 4.69) is 59.9 Å². The lowest BCUT2D eigenvalue weighted by Gasteiger charge is -2.02. The number of nitrogens with one attached hydrogen (secondary N) is 1. The van der Waals surface area contributed by atoms with Crippen LogP contribution in [0.2, 0.25) is 0 Å².